The van der Waals surface area contributed by atoms with Gasteiger partial charge in [0, 0.05) is 10.8 Å². The summed E-state index contributed by atoms with van der Waals surface area (Å²) in [4.78, 5) is 0. The van der Waals surface area contributed by atoms with Gasteiger partial charge in [-0.3, -0.25) is 0 Å². The van der Waals surface area contributed by atoms with E-state index in [0.717, 1.165) is 44.4 Å². The van der Waals surface area contributed by atoms with E-state index < -0.39 is 0 Å². The highest BCUT2D eigenvalue weighted by atomic mass is 79.9. The molecule has 54 heavy (non-hydrogen) atoms. The number of hydrogen-bond acceptors (Lipinski definition) is 2. The van der Waals surface area contributed by atoms with E-state index in [1.54, 1.807) is 0 Å². The lowest BCUT2D eigenvalue weighted by atomic mass is 9.94. The fourth-order valence-corrected chi connectivity index (χ4v) is 9.10. The molecule has 2 aromatic carbocycles. The predicted octanol–water partition coefficient (Wildman–Crippen LogP) is 18.9. The molecule has 0 saturated carbocycles. The predicted molar refractivity (Wildman–Crippen MR) is 248 cm³/mol. The second-order valence-corrected chi connectivity index (χ2v) is 18.6. The van der Waals surface area contributed by atoms with Gasteiger partial charge in [-0.25, -0.2) is 0 Å². The Bertz CT molecular complexity index is 1060. The van der Waals surface area contributed by atoms with E-state index in [9.17, 15) is 0 Å². The summed E-state index contributed by atoms with van der Waals surface area (Å²) in [6.45, 7) is 10.8. The van der Waals surface area contributed by atoms with Gasteiger partial charge < -0.3 is 9.47 Å². The third kappa shape index (κ3) is 22.9. The Hall–Kier alpha value is -0.740. The number of ether oxygens (including phenoxy) is 2. The number of benzene rings is 2. The van der Waals surface area contributed by atoms with Crippen LogP contribution in [0, 0.1) is 11.8 Å². The van der Waals surface area contributed by atoms with E-state index >= 15 is 0 Å². The van der Waals surface area contributed by atoms with Gasteiger partial charge in [0.2, 0.25) is 0 Å². The first-order valence-electron chi connectivity index (χ1n) is 23.7. The summed E-state index contributed by atoms with van der Waals surface area (Å²) < 4.78 is 15.8. The summed E-state index contributed by atoms with van der Waals surface area (Å²) >= 11 is 7.78. The van der Waals surface area contributed by atoms with Crippen LogP contribution in [-0.4, -0.2) is 13.2 Å². The molecule has 2 aromatic rings. The first kappa shape index (κ1) is 49.4. The number of hydrogen-bond donors (Lipinski definition) is 0. The standard InChI is InChI=1S/C50H86Br2O2/c1-5-9-13-17-21-23-27-31-35-43(33-29-25-19-15-11-7-3)41-53-49-45-37-40-48(52)50(46(45)38-39-47(49)51)54-42-44(34-30-26-20-16-12-8-4)36-32-28-24-22-18-14-10-6-2/h37-40,43-44H,5-36,41-42H2,1-4H3. The molecule has 0 aliphatic rings. The van der Waals surface area contributed by atoms with Crippen LogP contribution in [-0.2, 0) is 0 Å². The molecular formula is C50H86Br2O2. The molecule has 2 nitrogen and oxygen atoms in total. The van der Waals surface area contributed by atoms with Crippen LogP contribution in [0.5, 0.6) is 11.5 Å². The normalized spacial score (nSPS) is 12.8. The van der Waals surface area contributed by atoms with E-state index in [0.29, 0.717) is 11.8 Å². The van der Waals surface area contributed by atoms with Gasteiger partial charge in [0.25, 0.3) is 0 Å². The van der Waals surface area contributed by atoms with Gasteiger partial charge in [-0.15, -0.1) is 0 Å². The summed E-state index contributed by atoms with van der Waals surface area (Å²) in [5, 5.41) is 2.31. The zero-order chi connectivity index (χ0) is 38.9. The van der Waals surface area contributed by atoms with Gasteiger partial charge in [-0.05, 0) is 93.6 Å². The Kier molecular flexibility index (Phi) is 31.4. The summed E-state index contributed by atoms with van der Waals surface area (Å²) in [5.74, 6) is 3.19. The molecule has 2 rings (SSSR count). The SMILES string of the molecule is CCCCCCCCCCC(CCCCCCCC)COc1c(Br)ccc2c(OCC(CCCCCCCC)CCCCCCCCCC)c(Br)ccc12. The Labute approximate surface area is 353 Å². The second kappa shape index (κ2) is 34.3. The van der Waals surface area contributed by atoms with Crippen molar-refractivity contribution in [2.45, 2.75) is 233 Å². The Morgan fingerprint density at radius 2 is 0.593 bits per heavy atom. The molecule has 2 atom stereocenters. The van der Waals surface area contributed by atoms with Crippen molar-refractivity contribution in [2.24, 2.45) is 11.8 Å². The molecule has 4 heteroatoms. The zero-order valence-corrected chi connectivity index (χ0v) is 39.3. The number of unbranched alkanes of at least 4 members (excludes halogenated alkanes) is 24. The molecule has 0 saturated heterocycles. The Morgan fingerprint density at radius 1 is 0.352 bits per heavy atom. The Balaban J connectivity index is 2.07. The summed E-state index contributed by atoms with van der Waals surface area (Å²) in [6, 6.07) is 8.79. The summed E-state index contributed by atoms with van der Waals surface area (Å²) in [6.07, 6.45) is 43.5. The lowest BCUT2D eigenvalue weighted by molar-refractivity contribution is 0.223. The minimum Gasteiger partial charge on any atom is -0.491 e. The average Bonchev–Trinajstić information content (AvgIpc) is 3.17. The smallest absolute Gasteiger partial charge is 0.141 e. The van der Waals surface area contributed by atoms with Gasteiger partial charge in [0.15, 0.2) is 0 Å². The Morgan fingerprint density at radius 3 is 0.852 bits per heavy atom. The number of halogens is 2. The highest BCUT2D eigenvalue weighted by Crippen LogP contribution is 2.42. The molecule has 0 fully saturated rings. The van der Waals surface area contributed by atoms with Crippen molar-refractivity contribution in [3.63, 3.8) is 0 Å². The zero-order valence-electron chi connectivity index (χ0n) is 36.1. The van der Waals surface area contributed by atoms with Crippen molar-refractivity contribution in [3.8, 4) is 11.5 Å². The minimum atomic E-state index is 0.615. The molecule has 0 spiro atoms. The molecule has 0 heterocycles. The van der Waals surface area contributed by atoms with E-state index in [-0.39, 0.29) is 0 Å². The molecule has 0 N–H and O–H groups in total. The topological polar surface area (TPSA) is 18.5 Å². The fraction of sp³-hybridized carbons (Fsp3) is 0.800. The molecule has 0 bridgehead atoms. The van der Waals surface area contributed by atoms with Crippen LogP contribution >= 0.6 is 31.9 Å². The van der Waals surface area contributed by atoms with Crippen molar-refractivity contribution < 1.29 is 9.47 Å². The van der Waals surface area contributed by atoms with Crippen molar-refractivity contribution in [1.29, 1.82) is 0 Å². The van der Waals surface area contributed by atoms with E-state index in [1.165, 1.54) is 205 Å². The van der Waals surface area contributed by atoms with Crippen LogP contribution in [0.15, 0.2) is 33.2 Å². The van der Waals surface area contributed by atoms with Gasteiger partial charge in [0.05, 0.1) is 22.2 Å². The largest absolute Gasteiger partial charge is 0.491 e. The maximum Gasteiger partial charge on any atom is 0.141 e. The van der Waals surface area contributed by atoms with Gasteiger partial charge in [-0.1, -0.05) is 207 Å². The van der Waals surface area contributed by atoms with Gasteiger partial charge >= 0.3 is 0 Å². The number of rotatable bonds is 38. The minimum absolute atomic E-state index is 0.615. The molecule has 0 amide bonds. The lowest BCUT2D eigenvalue weighted by Crippen LogP contribution is -2.14. The van der Waals surface area contributed by atoms with Crippen LogP contribution in [0.25, 0.3) is 10.8 Å². The maximum absolute atomic E-state index is 6.83. The first-order valence-corrected chi connectivity index (χ1v) is 25.3. The first-order chi connectivity index (χ1) is 26.5. The summed E-state index contributed by atoms with van der Waals surface area (Å²) in [7, 11) is 0. The van der Waals surface area contributed by atoms with Crippen LogP contribution in [0.1, 0.15) is 233 Å². The van der Waals surface area contributed by atoms with Crippen LogP contribution in [0.2, 0.25) is 0 Å². The van der Waals surface area contributed by atoms with Crippen molar-refractivity contribution in [2.75, 3.05) is 13.2 Å². The molecule has 0 aliphatic carbocycles. The third-order valence-corrected chi connectivity index (χ3v) is 13.0. The van der Waals surface area contributed by atoms with E-state index in [1.807, 2.05) is 0 Å². The fourth-order valence-electron chi connectivity index (χ4n) is 8.18. The van der Waals surface area contributed by atoms with Gasteiger partial charge in [0.1, 0.15) is 11.5 Å². The molecule has 0 aliphatic heterocycles. The molecule has 2 unspecified atom stereocenters. The summed E-state index contributed by atoms with van der Waals surface area (Å²) in [5.41, 5.74) is 0. The maximum atomic E-state index is 6.83. The molecular weight excluding hydrogens is 792 g/mol. The molecule has 0 radical (unpaired) electrons. The average molecular weight is 879 g/mol. The van der Waals surface area contributed by atoms with Crippen molar-refractivity contribution >= 4 is 42.6 Å². The van der Waals surface area contributed by atoms with Gasteiger partial charge in [-0.2, -0.15) is 0 Å². The molecule has 0 aromatic heterocycles. The lowest BCUT2D eigenvalue weighted by Gasteiger charge is -2.22. The quantitative estimate of drug-likeness (QED) is 0.0626. The monoisotopic (exact) mass is 876 g/mol. The van der Waals surface area contributed by atoms with Crippen molar-refractivity contribution in [1.82, 2.24) is 0 Å². The third-order valence-electron chi connectivity index (χ3n) is 11.8. The van der Waals surface area contributed by atoms with E-state index in [4.69, 9.17) is 9.47 Å². The second-order valence-electron chi connectivity index (χ2n) is 16.8. The molecule has 312 valence electrons. The van der Waals surface area contributed by atoms with Crippen LogP contribution in [0.3, 0.4) is 0 Å². The van der Waals surface area contributed by atoms with Crippen molar-refractivity contribution in [3.05, 3.63) is 33.2 Å². The van der Waals surface area contributed by atoms with Crippen LogP contribution in [0.4, 0.5) is 0 Å². The highest BCUT2D eigenvalue weighted by Gasteiger charge is 2.18. The number of fused-ring (bicyclic) bond motifs is 1. The van der Waals surface area contributed by atoms with E-state index in [2.05, 4.69) is 83.8 Å². The van der Waals surface area contributed by atoms with Crippen LogP contribution < -0.4 is 9.47 Å². The highest BCUT2D eigenvalue weighted by molar-refractivity contribution is 9.11.